The van der Waals surface area contributed by atoms with Crippen LogP contribution in [0, 0.1) is 0 Å². The first kappa shape index (κ1) is 18.3. The van der Waals surface area contributed by atoms with Crippen molar-refractivity contribution in [2.24, 2.45) is 4.99 Å². The number of aliphatic imine (C=N–C) groups is 1. The highest BCUT2D eigenvalue weighted by molar-refractivity contribution is 5.88. The zero-order chi connectivity index (χ0) is 15.5. The van der Waals surface area contributed by atoms with E-state index in [1.807, 2.05) is 12.1 Å². The molecule has 116 valence electrons. The number of benzene rings is 2. The number of carbonyl (C=O) groups is 1. The number of carboxylic acid groups (broad SMARTS) is 1. The van der Waals surface area contributed by atoms with E-state index in [0.29, 0.717) is 0 Å². The van der Waals surface area contributed by atoms with E-state index in [2.05, 4.69) is 38.3 Å². The number of halogens is 1. The van der Waals surface area contributed by atoms with Crippen LogP contribution < -0.4 is 28.5 Å². The molecule has 0 aliphatic rings. The van der Waals surface area contributed by atoms with Crippen molar-refractivity contribution >= 4 is 23.6 Å². The number of quaternary nitrogens is 1. The zero-order valence-corrected chi connectivity index (χ0v) is 15.0. The fraction of sp³-hybridized carbons (Fsp3) is 0.176. The Bertz CT molecular complexity index is 657. The summed E-state index contributed by atoms with van der Waals surface area (Å²) >= 11 is 0. The van der Waals surface area contributed by atoms with Crippen molar-refractivity contribution in [1.82, 2.24) is 4.48 Å². The molecule has 0 radical (unpaired) electrons. The Hall–Kier alpha value is -1.73. The molecule has 2 aromatic rings. The molecule has 4 nitrogen and oxygen atoms in total. The molecule has 2 aromatic carbocycles. The third kappa shape index (κ3) is 4.92. The van der Waals surface area contributed by atoms with Crippen LogP contribution in [0.3, 0.4) is 0 Å². The first-order valence-corrected chi connectivity index (χ1v) is 6.66. The summed E-state index contributed by atoms with van der Waals surface area (Å²) in [5.74, 6) is -0.929. The molecule has 0 aromatic heterocycles. The highest BCUT2D eigenvalue weighted by Gasteiger charge is 2.10. The first-order chi connectivity index (χ1) is 9.86. The van der Waals surface area contributed by atoms with Crippen LogP contribution in [0.15, 0.2) is 53.5 Å². The summed E-state index contributed by atoms with van der Waals surface area (Å²) in [4.78, 5) is 15.1. The van der Waals surface area contributed by atoms with Crippen molar-refractivity contribution in [3.8, 4) is 0 Å². The van der Waals surface area contributed by atoms with Crippen LogP contribution in [0.4, 0.5) is 11.4 Å². The molecular formula is C17H19IN2O2. The summed E-state index contributed by atoms with van der Waals surface area (Å²) in [6.07, 6.45) is 1.77. The number of carboxylic acids is 1. The van der Waals surface area contributed by atoms with Crippen molar-refractivity contribution in [1.29, 1.82) is 0 Å². The van der Waals surface area contributed by atoms with Gasteiger partial charge in [-0.25, -0.2) is 4.79 Å². The molecule has 0 bridgehead atoms. The van der Waals surface area contributed by atoms with E-state index in [1.54, 1.807) is 30.5 Å². The summed E-state index contributed by atoms with van der Waals surface area (Å²) in [5.41, 5.74) is 3.23. The monoisotopic (exact) mass is 410 g/mol. The van der Waals surface area contributed by atoms with Gasteiger partial charge in [0.15, 0.2) is 0 Å². The molecule has 0 aliphatic heterocycles. The second-order valence-electron chi connectivity index (χ2n) is 5.71. The van der Waals surface area contributed by atoms with Gasteiger partial charge >= 0.3 is 5.97 Å². The van der Waals surface area contributed by atoms with Crippen LogP contribution in [0.25, 0.3) is 0 Å². The van der Waals surface area contributed by atoms with Crippen LogP contribution in [-0.2, 0) is 0 Å². The van der Waals surface area contributed by atoms with Crippen molar-refractivity contribution in [2.75, 3.05) is 21.1 Å². The van der Waals surface area contributed by atoms with E-state index in [1.165, 1.54) is 5.69 Å². The molecule has 0 atom stereocenters. The van der Waals surface area contributed by atoms with Crippen molar-refractivity contribution in [3.63, 3.8) is 0 Å². The maximum atomic E-state index is 10.8. The van der Waals surface area contributed by atoms with Crippen LogP contribution >= 0.6 is 0 Å². The summed E-state index contributed by atoms with van der Waals surface area (Å²) in [7, 11) is 6.35. The zero-order valence-electron chi connectivity index (χ0n) is 12.8. The minimum Gasteiger partial charge on any atom is -1.00 e. The van der Waals surface area contributed by atoms with Gasteiger partial charge in [0.2, 0.25) is 0 Å². The van der Waals surface area contributed by atoms with Gasteiger partial charge in [-0.1, -0.05) is 0 Å². The van der Waals surface area contributed by atoms with E-state index < -0.39 is 5.97 Å². The summed E-state index contributed by atoms with van der Waals surface area (Å²) in [5, 5.41) is 8.84. The SMILES string of the molecule is C[N+](C)(C)c1ccc(C=Nc2ccc(C(=O)O)cc2)cc1.[I-]. The van der Waals surface area contributed by atoms with Gasteiger partial charge in [0.1, 0.15) is 5.69 Å². The topological polar surface area (TPSA) is 49.7 Å². The molecule has 5 heteroatoms. The Morgan fingerprint density at radius 3 is 2.00 bits per heavy atom. The average Bonchev–Trinajstić information content (AvgIpc) is 2.45. The van der Waals surface area contributed by atoms with Gasteiger partial charge in [0.25, 0.3) is 0 Å². The number of hydrogen-bond donors (Lipinski definition) is 1. The fourth-order valence-corrected chi connectivity index (χ4v) is 1.85. The average molecular weight is 410 g/mol. The second-order valence-corrected chi connectivity index (χ2v) is 5.71. The molecule has 0 spiro atoms. The molecule has 0 heterocycles. The number of rotatable bonds is 4. The molecule has 0 amide bonds. The van der Waals surface area contributed by atoms with Gasteiger partial charge in [-0.05, 0) is 54.1 Å². The smallest absolute Gasteiger partial charge is 0.335 e. The molecule has 0 saturated heterocycles. The number of aromatic carboxylic acids is 1. The van der Waals surface area contributed by atoms with Crippen molar-refractivity contribution in [3.05, 3.63) is 59.7 Å². The quantitative estimate of drug-likeness (QED) is 0.449. The lowest BCUT2D eigenvalue weighted by atomic mass is 10.2. The molecule has 0 saturated carbocycles. The van der Waals surface area contributed by atoms with E-state index in [0.717, 1.165) is 15.7 Å². The highest BCUT2D eigenvalue weighted by atomic mass is 127. The number of hydrogen-bond acceptors (Lipinski definition) is 2. The Kier molecular flexibility index (Phi) is 6.25. The highest BCUT2D eigenvalue weighted by Crippen LogP contribution is 2.17. The van der Waals surface area contributed by atoms with E-state index >= 15 is 0 Å². The fourth-order valence-electron chi connectivity index (χ4n) is 1.85. The minimum absolute atomic E-state index is 0. The minimum atomic E-state index is -0.929. The Labute approximate surface area is 147 Å². The maximum absolute atomic E-state index is 10.8. The predicted octanol–water partition coefficient (Wildman–Crippen LogP) is 0.336. The van der Waals surface area contributed by atoms with Crippen LogP contribution in [0.5, 0.6) is 0 Å². The van der Waals surface area contributed by atoms with Crippen molar-refractivity contribution in [2.45, 2.75) is 0 Å². The summed E-state index contributed by atoms with van der Waals surface area (Å²) in [6, 6.07) is 14.7. The largest absolute Gasteiger partial charge is 1.00 e. The van der Waals surface area contributed by atoms with Crippen molar-refractivity contribution < 1.29 is 33.9 Å². The molecule has 22 heavy (non-hydrogen) atoms. The van der Waals surface area contributed by atoms with Gasteiger partial charge in [-0.2, -0.15) is 0 Å². The van der Waals surface area contributed by atoms with Crippen LogP contribution in [0.2, 0.25) is 0 Å². The molecule has 0 aliphatic carbocycles. The third-order valence-corrected chi connectivity index (χ3v) is 3.14. The van der Waals surface area contributed by atoms with E-state index in [-0.39, 0.29) is 29.5 Å². The van der Waals surface area contributed by atoms with E-state index in [4.69, 9.17) is 5.11 Å². The second kappa shape index (κ2) is 7.51. The Balaban J connectivity index is 0.00000242. The Morgan fingerprint density at radius 2 is 1.55 bits per heavy atom. The lowest BCUT2D eigenvalue weighted by molar-refractivity contribution is -0.0000200. The van der Waals surface area contributed by atoms with E-state index in [9.17, 15) is 4.79 Å². The summed E-state index contributed by atoms with van der Waals surface area (Å²) < 4.78 is 0.772. The lowest BCUT2D eigenvalue weighted by Crippen LogP contribution is -3.00. The molecular weight excluding hydrogens is 391 g/mol. The van der Waals surface area contributed by atoms with Gasteiger partial charge in [-0.15, -0.1) is 0 Å². The van der Waals surface area contributed by atoms with Gasteiger partial charge in [0, 0.05) is 6.21 Å². The summed E-state index contributed by atoms with van der Waals surface area (Å²) in [6.45, 7) is 0. The Morgan fingerprint density at radius 1 is 1.00 bits per heavy atom. The van der Waals surface area contributed by atoms with Crippen LogP contribution in [0.1, 0.15) is 15.9 Å². The van der Waals surface area contributed by atoms with Gasteiger partial charge < -0.3 is 29.1 Å². The number of nitrogens with zero attached hydrogens (tertiary/aromatic N) is 2. The third-order valence-electron chi connectivity index (χ3n) is 3.14. The van der Waals surface area contributed by atoms with Gasteiger partial charge in [0.05, 0.1) is 32.4 Å². The maximum Gasteiger partial charge on any atom is 0.335 e. The first-order valence-electron chi connectivity index (χ1n) is 6.66. The molecule has 0 unspecified atom stereocenters. The predicted molar refractivity (Wildman–Crippen MR) is 86.7 cm³/mol. The van der Waals surface area contributed by atoms with Crippen LogP contribution in [-0.4, -0.2) is 38.4 Å². The molecule has 0 fully saturated rings. The molecule has 2 rings (SSSR count). The molecule has 1 N–H and O–H groups in total. The normalized spacial score (nSPS) is 11.2. The lowest BCUT2D eigenvalue weighted by Gasteiger charge is -2.23. The van der Waals surface area contributed by atoms with Gasteiger partial charge in [-0.3, -0.25) is 9.48 Å². The standard InChI is InChI=1S/C17H18N2O2.HI/c1-19(2,3)16-10-4-13(5-11-16)12-18-15-8-6-14(7-9-15)17(20)21;/h4-12H,1-3H3;1H.